The topological polar surface area (TPSA) is 52.3 Å². The quantitative estimate of drug-likeness (QED) is 0.519. The molecule has 3 nitrogen and oxygen atoms in total. The van der Waals surface area contributed by atoms with Gasteiger partial charge in [0.25, 0.3) is 0 Å². The number of esters is 1. The van der Waals surface area contributed by atoms with E-state index in [-0.39, 0.29) is 17.1 Å². The monoisotopic (exact) mass is 269 g/mol. The molecule has 1 rings (SSSR count). The number of aryl methyl sites for hydroxylation is 1. The summed E-state index contributed by atoms with van der Waals surface area (Å²) in [7, 11) is 0.0271. The standard InChI is InChI=1S/C13H20FNO2Si/c1-17-13(16)10-8-11(14)9(7-12(10)15)5-6-18(2,3)4/h7-8H,5-6,15H2,1-4H3. The molecule has 0 unspecified atom stereocenters. The van der Waals surface area contributed by atoms with Gasteiger partial charge >= 0.3 is 5.97 Å². The molecule has 0 heterocycles. The Kier molecular flexibility index (Phi) is 4.51. The van der Waals surface area contributed by atoms with Gasteiger partial charge in [-0.3, -0.25) is 0 Å². The SMILES string of the molecule is COC(=O)c1cc(F)c(CC[Si](C)(C)C)cc1N. The highest BCUT2D eigenvalue weighted by Crippen LogP contribution is 2.22. The van der Waals surface area contributed by atoms with Gasteiger partial charge in [-0.15, -0.1) is 0 Å². The Hall–Kier alpha value is -1.36. The number of rotatable bonds is 4. The molecule has 0 saturated carbocycles. The van der Waals surface area contributed by atoms with Crippen LogP contribution in [0, 0.1) is 5.82 Å². The summed E-state index contributed by atoms with van der Waals surface area (Å²) in [5, 5.41) is 0. The van der Waals surface area contributed by atoms with E-state index in [0.29, 0.717) is 12.0 Å². The lowest BCUT2D eigenvalue weighted by Crippen LogP contribution is -2.20. The average molecular weight is 269 g/mol. The number of halogens is 1. The summed E-state index contributed by atoms with van der Waals surface area (Å²) in [5.74, 6) is -0.994. The first kappa shape index (κ1) is 14.7. The Morgan fingerprint density at radius 2 is 2.00 bits per heavy atom. The van der Waals surface area contributed by atoms with Crippen molar-refractivity contribution in [1.29, 1.82) is 0 Å². The highest BCUT2D eigenvalue weighted by atomic mass is 28.3. The maximum atomic E-state index is 13.9. The average Bonchev–Trinajstić information content (AvgIpc) is 2.27. The van der Waals surface area contributed by atoms with Crippen molar-refractivity contribution in [2.24, 2.45) is 0 Å². The number of hydrogen-bond donors (Lipinski definition) is 1. The van der Waals surface area contributed by atoms with Crippen molar-refractivity contribution >= 4 is 19.7 Å². The third-order valence-electron chi connectivity index (χ3n) is 2.77. The van der Waals surface area contributed by atoms with Gasteiger partial charge in [0.2, 0.25) is 0 Å². The van der Waals surface area contributed by atoms with Crippen LogP contribution < -0.4 is 5.73 Å². The molecule has 5 heteroatoms. The van der Waals surface area contributed by atoms with Gasteiger partial charge in [-0.2, -0.15) is 0 Å². The molecule has 0 aliphatic heterocycles. The molecule has 0 amide bonds. The number of benzene rings is 1. The lowest BCUT2D eigenvalue weighted by Gasteiger charge is -2.16. The van der Waals surface area contributed by atoms with E-state index in [1.807, 2.05) is 0 Å². The van der Waals surface area contributed by atoms with E-state index in [2.05, 4.69) is 24.4 Å². The van der Waals surface area contributed by atoms with Crippen LogP contribution in [0.25, 0.3) is 0 Å². The zero-order chi connectivity index (χ0) is 13.9. The van der Waals surface area contributed by atoms with Crippen molar-refractivity contribution in [2.45, 2.75) is 32.1 Å². The number of carbonyl (C=O) groups is 1. The molecular formula is C13H20FNO2Si. The molecular weight excluding hydrogens is 249 g/mol. The van der Waals surface area contributed by atoms with Crippen molar-refractivity contribution in [3.63, 3.8) is 0 Å². The van der Waals surface area contributed by atoms with E-state index < -0.39 is 14.0 Å². The molecule has 0 aromatic heterocycles. The summed E-state index contributed by atoms with van der Waals surface area (Å²) < 4.78 is 18.4. The first-order valence-electron chi connectivity index (χ1n) is 5.91. The molecule has 18 heavy (non-hydrogen) atoms. The Balaban J connectivity index is 2.97. The van der Waals surface area contributed by atoms with Gasteiger partial charge in [0.15, 0.2) is 0 Å². The largest absolute Gasteiger partial charge is 0.465 e. The number of carbonyl (C=O) groups excluding carboxylic acids is 1. The first-order valence-corrected chi connectivity index (χ1v) is 9.61. The minimum absolute atomic E-state index is 0.0896. The third-order valence-corrected chi connectivity index (χ3v) is 4.52. The summed E-state index contributed by atoms with van der Waals surface area (Å²) in [4.78, 5) is 11.4. The summed E-state index contributed by atoms with van der Waals surface area (Å²) >= 11 is 0. The third kappa shape index (κ3) is 3.84. The maximum Gasteiger partial charge on any atom is 0.340 e. The van der Waals surface area contributed by atoms with Gasteiger partial charge < -0.3 is 10.5 Å². The molecule has 0 spiro atoms. The van der Waals surface area contributed by atoms with Crippen LogP contribution in [0.15, 0.2) is 12.1 Å². The second kappa shape index (κ2) is 5.52. The second-order valence-electron chi connectivity index (χ2n) is 5.58. The van der Waals surface area contributed by atoms with Gasteiger partial charge in [0.1, 0.15) is 5.82 Å². The number of nitrogens with two attached hydrogens (primary N) is 1. The number of ether oxygens (including phenoxy) is 1. The highest BCUT2D eigenvalue weighted by Gasteiger charge is 2.17. The summed E-state index contributed by atoms with van der Waals surface area (Å²) in [6.45, 7) is 6.70. The Morgan fingerprint density at radius 3 is 2.50 bits per heavy atom. The van der Waals surface area contributed by atoms with Crippen molar-refractivity contribution < 1.29 is 13.9 Å². The minimum atomic E-state index is -1.22. The normalized spacial score (nSPS) is 11.4. The summed E-state index contributed by atoms with van der Waals surface area (Å²) in [6.07, 6.45) is 0.660. The molecule has 0 saturated heterocycles. The maximum absolute atomic E-state index is 13.9. The van der Waals surface area contributed by atoms with E-state index in [0.717, 1.165) is 6.04 Å². The molecule has 100 valence electrons. The summed E-state index contributed by atoms with van der Waals surface area (Å²) in [5.41, 5.74) is 6.68. The Morgan fingerprint density at radius 1 is 1.39 bits per heavy atom. The molecule has 1 aromatic carbocycles. The van der Waals surface area contributed by atoms with E-state index >= 15 is 0 Å². The van der Waals surface area contributed by atoms with Crippen LogP contribution in [-0.4, -0.2) is 21.2 Å². The van der Waals surface area contributed by atoms with Gasteiger partial charge in [-0.25, -0.2) is 9.18 Å². The van der Waals surface area contributed by atoms with Crippen LogP contribution >= 0.6 is 0 Å². The van der Waals surface area contributed by atoms with Crippen LogP contribution in [0.3, 0.4) is 0 Å². The molecule has 2 N–H and O–H groups in total. The number of nitrogen functional groups attached to an aromatic ring is 1. The van der Waals surface area contributed by atoms with Crippen molar-refractivity contribution in [3.8, 4) is 0 Å². The highest BCUT2D eigenvalue weighted by molar-refractivity contribution is 6.76. The fourth-order valence-electron chi connectivity index (χ4n) is 1.63. The van der Waals surface area contributed by atoms with Crippen molar-refractivity contribution in [1.82, 2.24) is 0 Å². The zero-order valence-electron chi connectivity index (χ0n) is 11.3. The Labute approximate surface area is 108 Å². The number of anilines is 1. The van der Waals surface area contributed by atoms with E-state index in [1.54, 1.807) is 6.07 Å². The predicted octanol–water partition coefficient (Wildman–Crippen LogP) is 3.08. The van der Waals surface area contributed by atoms with Gasteiger partial charge in [0, 0.05) is 13.8 Å². The van der Waals surface area contributed by atoms with Crippen LogP contribution in [-0.2, 0) is 11.2 Å². The van der Waals surface area contributed by atoms with E-state index in [4.69, 9.17) is 5.73 Å². The smallest absolute Gasteiger partial charge is 0.340 e. The molecule has 0 aliphatic carbocycles. The van der Waals surface area contributed by atoms with E-state index in [1.165, 1.54) is 13.2 Å². The molecule has 0 atom stereocenters. The van der Waals surface area contributed by atoms with Crippen LogP contribution in [0.4, 0.5) is 10.1 Å². The van der Waals surface area contributed by atoms with Crippen LogP contribution in [0.5, 0.6) is 0 Å². The number of hydrogen-bond acceptors (Lipinski definition) is 3. The van der Waals surface area contributed by atoms with Crippen LogP contribution in [0.2, 0.25) is 25.7 Å². The Bertz CT molecular complexity index is 455. The van der Waals surface area contributed by atoms with E-state index in [9.17, 15) is 9.18 Å². The van der Waals surface area contributed by atoms with Gasteiger partial charge in [-0.05, 0) is 24.1 Å². The first-order chi connectivity index (χ1) is 8.24. The van der Waals surface area contributed by atoms with Crippen molar-refractivity contribution in [2.75, 3.05) is 12.8 Å². The van der Waals surface area contributed by atoms with Crippen LogP contribution in [0.1, 0.15) is 15.9 Å². The number of methoxy groups -OCH3 is 1. The zero-order valence-corrected chi connectivity index (χ0v) is 12.3. The second-order valence-corrected chi connectivity index (χ2v) is 11.2. The fraction of sp³-hybridized carbons (Fsp3) is 0.462. The molecule has 0 aliphatic rings. The minimum Gasteiger partial charge on any atom is -0.465 e. The van der Waals surface area contributed by atoms with Gasteiger partial charge in [-0.1, -0.05) is 25.7 Å². The molecule has 0 bridgehead atoms. The lowest BCUT2D eigenvalue weighted by atomic mass is 10.1. The predicted molar refractivity (Wildman–Crippen MR) is 74.0 cm³/mol. The van der Waals surface area contributed by atoms with Crippen molar-refractivity contribution in [3.05, 3.63) is 29.1 Å². The molecule has 1 aromatic rings. The summed E-state index contributed by atoms with van der Waals surface area (Å²) in [6, 6.07) is 3.70. The molecule has 0 radical (unpaired) electrons. The molecule has 0 fully saturated rings. The fourth-order valence-corrected chi connectivity index (χ4v) is 2.64. The lowest BCUT2D eigenvalue weighted by molar-refractivity contribution is 0.0601. The van der Waals surface area contributed by atoms with Gasteiger partial charge in [0.05, 0.1) is 12.7 Å².